The molecule has 2 N–H and O–H groups in total. The number of amidine groups is 1. The maximum atomic E-state index is 12.5. The van der Waals surface area contributed by atoms with E-state index in [1.54, 1.807) is 25.1 Å². The van der Waals surface area contributed by atoms with Crippen molar-refractivity contribution in [2.24, 2.45) is 4.99 Å². The Morgan fingerprint density at radius 2 is 2.04 bits per heavy atom. The van der Waals surface area contributed by atoms with E-state index in [1.807, 2.05) is 6.26 Å². The highest BCUT2D eigenvalue weighted by Gasteiger charge is 2.32. The van der Waals surface area contributed by atoms with Gasteiger partial charge in [-0.15, -0.1) is 0 Å². The Hall–Kier alpha value is -2.07. The lowest BCUT2D eigenvalue weighted by Crippen LogP contribution is -2.38. The molecule has 1 heterocycles. The number of benzene rings is 1. The van der Waals surface area contributed by atoms with Gasteiger partial charge >= 0.3 is 5.97 Å². The standard InChI is InChI=1S/C17H23N3O5S2/c1-4-18-16(21)11(2)25-17(22)13(9-10-26-3)19-15-12-7-5-6-8-14(12)27(23,24)20-15/h5-8,11,13H,4,9-10H2,1-3H3,(H,18,21)(H,19,20)/t11-,13-/m0/s1. The van der Waals surface area contributed by atoms with Crippen LogP contribution < -0.4 is 10.0 Å². The fourth-order valence-electron chi connectivity index (χ4n) is 2.47. The summed E-state index contributed by atoms with van der Waals surface area (Å²) in [5.41, 5.74) is 0.413. The minimum absolute atomic E-state index is 0.110. The van der Waals surface area contributed by atoms with Gasteiger partial charge in [0.25, 0.3) is 15.9 Å². The van der Waals surface area contributed by atoms with E-state index in [9.17, 15) is 18.0 Å². The molecule has 2 rings (SSSR count). The second kappa shape index (κ2) is 9.23. The lowest BCUT2D eigenvalue weighted by Gasteiger charge is -2.17. The largest absolute Gasteiger partial charge is 0.451 e. The van der Waals surface area contributed by atoms with Gasteiger partial charge in [-0.1, -0.05) is 12.1 Å². The third-order valence-corrected chi connectivity index (χ3v) is 5.87. The Morgan fingerprint density at radius 1 is 1.33 bits per heavy atom. The lowest BCUT2D eigenvalue weighted by atomic mass is 10.2. The number of nitrogens with zero attached hydrogens (tertiary/aromatic N) is 1. The molecule has 0 saturated carbocycles. The number of aliphatic imine (C=N–C) groups is 1. The first-order chi connectivity index (χ1) is 12.8. The summed E-state index contributed by atoms with van der Waals surface area (Å²) in [6.07, 6.45) is 1.29. The molecule has 1 amide bonds. The van der Waals surface area contributed by atoms with Crippen LogP contribution in [0.15, 0.2) is 34.2 Å². The zero-order chi connectivity index (χ0) is 20.0. The van der Waals surface area contributed by atoms with Crippen molar-refractivity contribution in [1.82, 2.24) is 10.0 Å². The van der Waals surface area contributed by atoms with Gasteiger partial charge in [-0.2, -0.15) is 11.8 Å². The van der Waals surface area contributed by atoms with E-state index in [-0.39, 0.29) is 10.7 Å². The number of sulfonamides is 1. The van der Waals surface area contributed by atoms with Crippen molar-refractivity contribution >= 4 is 39.5 Å². The molecule has 1 aliphatic rings. The Kier molecular flexibility index (Phi) is 7.25. The highest BCUT2D eigenvalue weighted by Crippen LogP contribution is 2.23. The monoisotopic (exact) mass is 413 g/mol. The molecule has 0 spiro atoms. The number of thioether (sulfide) groups is 1. The summed E-state index contributed by atoms with van der Waals surface area (Å²) in [6.45, 7) is 3.68. The van der Waals surface area contributed by atoms with Crippen LogP contribution in [-0.2, 0) is 24.3 Å². The number of nitrogens with one attached hydrogen (secondary N) is 2. The third kappa shape index (κ3) is 5.23. The molecular formula is C17H23N3O5S2. The molecule has 8 nitrogen and oxygen atoms in total. The van der Waals surface area contributed by atoms with E-state index in [1.165, 1.54) is 24.8 Å². The van der Waals surface area contributed by atoms with Crippen LogP contribution >= 0.6 is 11.8 Å². The number of carbonyl (C=O) groups is 2. The summed E-state index contributed by atoms with van der Waals surface area (Å²) >= 11 is 1.53. The molecule has 0 saturated heterocycles. The summed E-state index contributed by atoms with van der Waals surface area (Å²) in [5.74, 6) is -0.326. The number of esters is 1. The zero-order valence-electron chi connectivity index (χ0n) is 15.4. The van der Waals surface area contributed by atoms with Crippen molar-refractivity contribution in [2.45, 2.75) is 37.3 Å². The topological polar surface area (TPSA) is 114 Å². The molecule has 0 unspecified atom stereocenters. The Morgan fingerprint density at radius 3 is 2.70 bits per heavy atom. The average molecular weight is 414 g/mol. The molecule has 0 radical (unpaired) electrons. The summed E-state index contributed by atoms with van der Waals surface area (Å²) in [5, 5.41) is 2.58. The first-order valence-electron chi connectivity index (χ1n) is 8.47. The number of fused-ring (bicyclic) bond motifs is 1. The molecule has 10 heteroatoms. The van der Waals surface area contributed by atoms with E-state index in [4.69, 9.17) is 4.74 Å². The van der Waals surface area contributed by atoms with E-state index >= 15 is 0 Å². The number of carbonyl (C=O) groups excluding carboxylic acids is 2. The SMILES string of the molecule is CCNC(=O)[C@H](C)OC(=O)[C@H](CCSC)N=C1NS(=O)(=O)c2ccccc21. The molecule has 27 heavy (non-hydrogen) atoms. The predicted molar refractivity (Wildman–Crippen MR) is 104 cm³/mol. The van der Waals surface area contributed by atoms with Crippen LogP contribution in [0.3, 0.4) is 0 Å². The molecule has 0 bridgehead atoms. The van der Waals surface area contributed by atoms with E-state index in [0.29, 0.717) is 24.3 Å². The molecule has 148 valence electrons. The van der Waals surface area contributed by atoms with Crippen LogP contribution in [0.25, 0.3) is 0 Å². The number of amides is 1. The first-order valence-corrected chi connectivity index (χ1v) is 11.3. The van der Waals surface area contributed by atoms with Gasteiger partial charge in [-0.05, 0) is 44.4 Å². The fraction of sp³-hybridized carbons (Fsp3) is 0.471. The van der Waals surface area contributed by atoms with Gasteiger partial charge in [0.1, 0.15) is 5.84 Å². The quantitative estimate of drug-likeness (QED) is 0.613. The smallest absolute Gasteiger partial charge is 0.331 e. The summed E-state index contributed by atoms with van der Waals surface area (Å²) in [7, 11) is -3.69. The third-order valence-electron chi connectivity index (χ3n) is 3.83. The highest BCUT2D eigenvalue weighted by molar-refractivity contribution is 7.98. The maximum absolute atomic E-state index is 12.5. The number of likely N-dealkylation sites (N-methyl/N-ethyl adjacent to an activating group) is 1. The summed E-state index contributed by atoms with van der Waals surface area (Å²) in [4.78, 5) is 28.8. The van der Waals surface area contributed by atoms with Gasteiger partial charge in [0, 0.05) is 12.1 Å². The molecule has 2 atom stereocenters. The van der Waals surface area contributed by atoms with Crippen molar-refractivity contribution in [3.05, 3.63) is 29.8 Å². The Labute approximate surface area is 163 Å². The number of hydrogen-bond donors (Lipinski definition) is 2. The Balaban J connectivity index is 2.26. The molecule has 0 aliphatic carbocycles. The van der Waals surface area contributed by atoms with Crippen molar-refractivity contribution in [3.63, 3.8) is 0 Å². The van der Waals surface area contributed by atoms with Crippen LogP contribution in [0.4, 0.5) is 0 Å². The van der Waals surface area contributed by atoms with Crippen LogP contribution in [0.2, 0.25) is 0 Å². The second-order valence-electron chi connectivity index (χ2n) is 5.85. The molecule has 0 aromatic heterocycles. The van der Waals surface area contributed by atoms with Crippen LogP contribution in [0, 0.1) is 0 Å². The van der Waals surface area contributed by atoms with Gasteiger partial charge in [0.15, 0.2) is 12.1 Å². The molecule has 1 aromatic rings. The van der Waals surface area contributed by atoms with Gasteiger partial charge in [-0.3, -0.25) is 14.5 Å². The van der Waals surface area contributed by atoms with E-state index < -0.39 is 34.0 Å². The van der Waals surface area contributed by atoms with Gasteiger partial charge in [0.05, 0.1) is 4.90 Å². The highest BCUT2D eigenvalue weighted by atomic mass is 32.2. The van der Waals surface area contributed by atoms with Crippen LogP contribution in [-0.4, -0.2) is 56.8 Å². The fourth-order valence-corrected chi connectivity index (χ4v) is 4.17. The van der Waals surface area contributed by atoms with Gasteiger partial charge in [0.2, 0.25) is 0 Å². The lowest BCUT2D eigenvalue weighted by molar-refractivity contribution is -0.156. The predicted octanol–water partition coefficient (Wildman–Crippen LogP) is 0.915. The molecular weight excluding hydrogens is 390 g/mol. The number of ether oxygens (including phenoxy) is 1. The number of rotatable bonds is 8. The van der Waals surface area contributed by atoms with Gasteiger partial charge < -0.3 is 10.1 Å². The normalized spacial score (nSPS) is 18.3. The molecule has 1 aliphatic heterocycles. The molecule has 0 fully saturated rings. The first kappa shape index (κ1) is 21.2. The minimum Gasteiger partial charge on any atom is -0.451 e. The second-order valence-corrected chi connectivity index (χ2v) is 8.49. The average Bonchev–Trinajstić information content (AvgIpc) is 2.89. The van der Waals surface area contributed by atoms with Crippen LogP contribution in [0.1, 0.15) is 25.8 Å². The minimum atomic E-state index is -3.69. The summed E-state index contributed by atoms with van der Waals surface area (Å²) < 4.78 is 32.0. The van der Waals surface area contributed by atoms with Crippen LogP contribution in [0.5, 0.6) is 0 Å². The Bertz CT molecular complexity index is 839. The van der Waals surface area contributed by atoms with Crippen molar-refractivity contribution in [3.8, 4) is 0 Å². The van der Waals surface area contributed by atoms with E-state index in [0.717, 1.165) is 0 Å². The van der Waals surface area contributed by atoms with E-state index in [2.05, 4.69) is 15.0 Å². The summed E-state index contributed by atoms with van der Waals surface area (Å²) in [6, 6.07) is 5.50. The maximum Gasteiger partial charge on any atom is 0.331 e. The van der Waals surface area contributed by atoms with Crippen molar-refractivity contribution in [2.75, 3.05) is 18.6 Å². The van der Waals surface area contributed by atoms with Crippen molar-refractivity contribution in [1.29, 1.82) is 0 Å². The zero-order valence-corrected chi connectivity index (χ0v) is 17.0. The van der Waals surface area contributed by atoms with Gasteiger partial charge in [-0.25, -0.2) is 13.2 Å². The molecule has 1 aromatic carbocycles. The van der Waals surface area contributed by atoms with Crippen molar-refractivity contribution < 1.29 is 22.7 Å². The number of hydrogen-bond acceptors (Lipinski definition) is 7.